The fourth-order valence-corrected chi connectivity index (χ4v) is 2.05. The van der Waals surface area contributed by atoms with E-state index in [1.54, 1.807) is 0 Å². The summed E-state index contributed by atoms with van der Waals surface area (Å²) in [6, 6.07) is 0.638. The quantitative estimate of drug-likeness (QED) is 0.659. The van der Waals surface area contributed by atoms with Gasteiger partial charge in [-0.15, -0.1) is 0 Å². The Labute approximate surface area is 106 Å². The first kappa shape index (κ1) is 14.9. The van der Waals surface area contributed by atoms with Crippen molar-refractivity contribution >= 4 is 0 Å². The molecular weight excluding hydrogens is 214 g/mol. The van der Waals surface area contributed by atoms with Crippen LogP contribution in [0.1, 0.15) is 13.8 Å². The van der Waals surface area contributed by atoms with Crippen molar-refractivity contribution in [2.45, 2.75) is 19.9 Å². The summed E-state index contributed by atoms with van der Waals surface area (Å²) in [6.07, 6.45) is 0. The molecule has 0 bridgehead atoms. The molecular formula is C13H29N3O. The van der Waals surface area contributed by atoms with E-state index in [2.05, 4.69) is 43.1 Å². The van der Waals surface area contributed by atoms with Crippen LogP contribution in [0.5, 0.6) is 0 Å². The fourth-order valence-electron chi connectivity index (χ4n) is 2.05. The Morgan fingerprint density at radius 3 is 2.76 bits per heavy atom. The summed E-state index contributed by atoms with van der Waals surface area (Å²) < 4.78 is 5.55. The van der Waals surface area contributed by atoms with Gasteiger partial charge in [0.05, 0.1) is 6.61 Å². The van der Waals surface area contributed by atoms with Crippen LogP contribution in [0.25, 0.3) is 0 Å². The van der Waals surface area contributed by atoms with E-state index in [1.807, 2.05) is 0 Å². The molecule has 0 aromatic carbocycles. The average Bonchev–Trinajstić information content (AvgIpc) is 2.27. The molecule has 4 heteroatoms. The summed E-state index contributed by atoms with van der Waals surface area (Å²) in [4.78, 5) is 4.85. The number of piperazine rings is 1. The maximum atomic E-state index is 5.55. The van der Waals surface area contributed by atoms with Gasteiger partial charge in [0.1, 0.15) is 0 Å². The second kappa shape index (κ2) is 8.03. The molecule has 17 heavy (non-hydrogen) atoms. The molecule has 1 fully saturated rings. The van der Waals surface area contributed by atoms with Crippen LogP contribution in [0.3, 0.4) is 0 Å². The van der Waals surface area contributed by atoms with Crippen molar-refractivity contribution in [2.24, 2.45) is 5.92 Å². The monoisotopic (exact) mass is 243 g/mol. The largest absolute Gasteiger partial charge is 0.380 e. The van der Waals surface area contributed by atoms with Crippen LogP contribution in [0.4, 0.5) is 0 Å². The lowest BCUT2D eigenvalue weighted by Gasteiger charge is -2.37. The van der Waals surface area contributed by atoms with E-state index < -0.39 is 0 Å². The number of hydrogen-bond acceptors (Lipinski definition) is 4. The van der Waals surface area contributed by atoms with E-state index in [-0.39, 0.29) is 0 Å². The van der Waals surface area contributed by atoms with E-state index in [9.17, 15) is 0 Å². The van der Waals surface area contributed by atoms with Crippen LogP contribution in [0.2, 0.25) is 0 Å². The van der Waals surface area contributed by atoms with Gasteiger partial charge in [-0.25, -0.2) is 0 Å². The minimum atomic E-state index is 0.633. The molecule has 0 radical (unpaired) electrons. The highest BCUT2D eigenvalue weighted by molar-refractivity contribution is 4.80. The van der Waals surface area contributed by atoms with Crippen molar-refractivity contribution in [1.29, 1.82) is 0 Å². The van der Waals surface area contributed by atoms with Gasteiger partial charge in [-0.05, 0) is 20.0 Å². The zero-order valence-electron chi connectivity index (χ0n) is 11.9. The number of nitrogens with one attached hydrogen (secondary N) is 1. The second-order valence-electron chi connectivity index (χ2n) is 5.57. The van der Waals surface area contributed by atoms with Gasteiger partial charge >= 0.3 is 0 Å². The molecule has 0 amide bonds. The van der Waals surface area contributed by atoms with E-state index >= 15 is 0 Å². The third kappa shape index (κ3) is 6.36. The number of nitrogens with zero attached hydrogens (tertiary/aromatic N) is 2. The molecule has 1 atom stereocenters. The number of rotatable bonds is 7. The van der Waals surface area contributed by atoms with Gasteiger partial charge in [-0.3, -0.25) is 4.90 Å². The van der Waals surface area contributed by atoms with E-state index in [1.165, 1.54) is 13.1 Å². The molecule has 1 saturated heterocycles. The Bertz CT molecular complexity index is 199. The Morgan fingerprint density at radius 2 is 2.06 bits per heavy atom. The molecule has 0 saturated carbocycles. The molecule has 0 aliphatic carbocycles. The molecule has 4 nitrogen and oxygen atoms in total. The van der Waals surface area contributed by atoms with Crippen LogP contribution in [0, 0.1) is 5.92 Å². The first-order chi connectivity index (χ1) is 8.09. The normalized spacial score (nSPS) is 23.5. The summed E-state index contributed by atoms with van der Waals surface area (Å²) in [5.74, 6) is 0.633. The van der Waals surface area contributed by atoms with Crippen LogP contribution in [0.15, 0.2) is 0 Å². The van der Waals surface area contributed by atoms with Crippen molar-refractivity contribution in [3.05, 3.63) is 0 Å². The zero-order chi connectivity index (χ0) is 12.7. The zero-order valence-corrected chi connectivity index (χ0v) is 11.9. The lowest BCUT2D eigenvalue weighted by molar-refractivity contribution is 0.0982. The average molecular weight is 243 g/mol. The lowest BCUT2D eigenvalue weighted by Crippen LogP contribution is -2.54. The SMILES string of the molecule is CC(C)COCCNCC1CN(C)CCN1C. The van der Waals surface area contributed by atoms with Crippen LogP contribution < -0.4 is 5.32 Å². The Morgan fingerprint density at radius 1 is 1.29 bits per heavy atom. The summed E-state index contributed by atoms with van der Waals surface area (Å²) in [5, 5.41) is 3.49. The smallest absolute Gasteiger partial charge is 0.0591 e. The molecule has 0 aromatic heterocycles. The van der Waals surface area contributed by atoms with Gasteiger partial charge in [0.25, 0.3) is 0 Å². The van der Waals surface area contributed by atoms with E-state index in [0.717, 1.165) is 32.8 Å². The Kier molecular flexibility index (Phi) is 7.04. The van der Waals surface area contributed by atoms with Crippen molar-refractivity contribution in [1.82, 2.24) is 15.1 Å². The van der Waals surface area contributed by atoms with Gasteiger partial charge in [0, 0.05) is 45.4 Å². The highest BCUT2D eigenvalue weighted by Gasteiger charge is 2.21. The molecule has 1 aliphatic rings. The number of ether oxygens (including phenoxy) is 1. The van der Waals surface area contributed by atoms with E-state index in [4.69, 9.17) is 4.74 Å². The molecule has 1 heterocycles. The van der Waals surface area contributed by atoms with Gasteiger partial charge in [-0.1, -0.05) is 13.8 Å². The maximum Gasteiger partial charge on any atom is 0.0591 e. The molecule has 0 spiro atoms. The minimum Gasteiger partial charge on any atom is -0.380 e. The highest BCUT2D eigenvalue weighted by atomic mass is 16.5. The van der Waals surface area contributed by atoms with Crippen molar-refractivity contribution in [2.75, 3.05) is 60.0 Å². The van der Waals surface area contributed by atoms with Gasteiger partial charge in [0.2, 0.25) is 0 Å². The molecule has 102 valence electrons. The number of likely N-dealkylation sites (N-methyl/N-ethyl adjacent to an activating group) is 2. The predicted molar refractivity (Wildman–Crippen MR) is 72.4 cm³/mol. The van der Waals surface area contributed by atoms with Crippen molar-refractivity contribution in [3.8, 4) is 0 Å². The molecule has 1 aliphatic heterocycles. The third-order valence-corrected chi connectivity index (χ3v) is 3.23. The summed E-state index contributed by atoms with van der Waals surface area (Å²) in [5.41, 5.74) is 0. The summed E-state index contributed by atoms with van der Waals surface area (Å²) in [6.45, 7) is 11.6. The molecule has 1 N–H and O–H groups in total. The highest BCUT2D eigenvalue weighted by Crippen LogP contribution is 2.04. The Balaban J connectivity index is 2.01. The second-order valence-corrected chi connectivity index (χ2v) is 5.57. The number of hydrogen-bond donors (Lipinski definition) is 1. The van der Waals surface area contributed by atoms with Crippen LogP contribution in [-0.4, -0.2) is 75.9 Å². The molecule has 1 unspecified atom stereocenters. The van der Waals surface area contributed by atoms with Crippen molar-refractivity contribution < 1.29 is 4.74 Å². The van der Waals surface area contributed by atoms with Gasteiger partial charge in [0.15, 0.2) is 0 Å². The lowest BCUT2D eigenvalue weighted by atomic mass is 10.2. The van der Waals surface area contributed by atoms with Crippen LogP contribution >= 0.6 is 0 Å². The van der Waals surface area contributed by atoms with Crippen molar-refractivity contribution in [3.63, 3.8) is 0 Å². The van der Waals surface area contributed by atoms with E-state index in [0.29, 0.717) is 12.0 Å². The summed E-state index contributed by atoms with van der Waals surface area (Å²) in [7, 11) is 4.42. The van der Waals surface area contributed by atoms with Gasteiger partial charge < -0.3 is 15.0 Å². The topological polar surface area (TPSA) is 27.7 Å². The summed E-state index contributed by atoms with van der Waals surface area (Å²) >= 11 is 0. The predicted octanol–water partition coefficient (Wildman–Crippen LogP) is 0.494. The molecule has 1 rings (SSSR count). The minimum absolute atomic E-state index is 0.633. The molecule has 0 aromatic rings. The standard InChI is InChI=1S/C13H29N3O/c1-12(2)11-17-8-5-14-9-13-10-15(3)6-7-16(13)4/h12-14H,5-11H2,1-4H3. The first-order valence-corrected chi connectivity index (χ1v) is 6.77. The Hall–Kier alpha value is -0.160. The fraction of sp³-hybridized carbons (Fsp3) is 1.00. The maximum absolute atomic E-state index is 5.55. The first-order valence-electron chi connectivity index (χ1n) is 6.77. The third-order valence-electron chi connectivity index (χ3n) is 3.23. The van der Waals surface area contributed by atoms with Gasteiger partial charge in [-0.2, -0.15) is 0 Å². The van der Waals surface area contributed by atoms with Crippen LogP contribution in [-0.2, 0) is 4.74 Å².